The number of nitrogens with zero attached hydrogens (tertiary/aromatic N) is 1. The molecule has 0 radical (unpaired) electrons. The molecule has 0 spiro atoms. The molecule has 7 nitrogen and oxygen atoms in total. The van der Waals surface area contributed by atoms with E-state index in [0.717, 1.165) is 4.57 Å². The molecule has 28 heavy (non-hydrogen) atoms. The van der Waals surface area contributed by atoms with Gasteiger partial charge in [-0.2, -0.15) is 8.78 Å². The van der Waals surface area contributed by atoms with Crippen molar-refractivity contribution in [3.05, 3.63) is 62.5 Å². The Morgan fingerprint density at radius 3 is 2.50 bits per heavy atom. The molecule has 0 aliphatic carbocycles. The summed E-state index contributed by atoms with van der Waals surface area (Å²) in [4.78, 5) is 39.7. The molecule has 148 valence electrons. The van der Waals surface area contributed by atoms with Crippen LogP contribution in [0.3, 0.4) is 0 Å². The van der Waals surface area contributed by atoms with E-state index in [-0.39, 0.29) is 22.5 Å². The van der Waals surface area contributed by atoms with Crippen LogP contribution in [0, 0.1) is 6.92 Å². The van der Waals surface area contributed by atoms with Crippen LogP contribution in [0.1, 0.15) is 16.1 Å². The van der Waals surface area contributed by atoms with Gasteiger partial charge in [-0.25, -0.2) is 18.1 Å². The van der Waals surface area contributed by atoms with Crippen molar-refractivity contribution in [2.24, 2.45) is 0 Å². The fraction of sp³-hybridized carbons (Fsp3) is 0.235. The first kappa shape index (κ1) is 19.4. The van der Waals surface area contributed by atoms with Crippen molar-refractivity contribution in [2.75, 3.05) is 6.54 Å². The molecule has 0 aliphatic rings. The van der Waals surface area contributed by atoms with Crippen LogP contribution in [0.25, 0.3) is 16.8 Å². The van der Waals surface area contributed by atoms with Gasteiger partial charge in [0.25, 0.3) is 11.5 Å². The Bertz CT molecular complexity index is 1150. The van der Waals surface area contributed by atoms with Crippen LogP contribution in [-0.4, -0.2) is 34.4 Å². The number of hydrogen-bond donors (Lipinski definition) is 2. The normalized spacial score (nSPS) is 11.9. The first-order valence-corrected chi connectivity index (χ1v) is 7.91. The molecule has 0 fully saturated rings. The number of fused-ring (bicyclic) bond motifs is 1. The summed E-state index contributed by atoms with van der Waals surface area (Å²) in [5.74, 6) is -5.80. The smallest absolute Gasteiger partial charge is 0.335 e. The predicted molar refractivity (Wildman–Crippen MR) is 90.5 cm³/mol. The number of furan rings is 1. The van der Waals surface area contributed by atoms with Crippen molar-refractivity contribution < 1.29 is 26.8 Å². The number of rotatable bonds is 5. The average Bonchev–Trinajstić information content (AvgIpc) is 2.96. The number of H-pyrrole nitrogens is 1. The van der Waals surface area contributed by atoms with Crippen molar-refractivity contribution in [3.63, 3.8) is 0 Å². The second-order valence-electron chi connectivity index (χ2n) is 5.89. The fourth-order valence-corrected chi connectivity index (χ4v) is 2.64. The summed E-state index contributed by atoms with van der Waals surface area (Å²) in [6.45, 7) is -0.364. The number of alkyl halides is 4. The number of nitrogens with one attached hydrogen (secondary N) is 2. The SMILES string of the molecule is Cc1oc2[nH]c(=O)n(-c3ccccc3)c(=O)c2c1C(=O)NCC(F)(F)C(F)F. The quantitative estimate of drug-likeness (QED) is 0.643. The van der Waals surface area contributed by atoms with E-state index in [1.54, 1.807) is 23.5 Å². The molecular weight excluding hydrogens is 386 g/mol. The minimum atomic E-state index is -4.44. The summed E-state index contributed by atoms with van der Waals surface area (Å²) in [6, 6.07) is 7.75. The average molecular weight is 399 g/mol. The lowest BCUT2D eigenvalue weighted by atomic mass is 10.1. The highest BCUT2D eigenvalue weighted by Gasteiger charge is 2.41. The summed E-state index contributed by atoms with van der Waals surface area (Å²) >= 11 is 0. The van der Waals surface area contributed by atoms with Gasteiger partial charge >= 0.3 is 18.0 Å². The van der Waals surface area contributed by atoms with Gasteiger partial charge in [-0.1, -0.05) is 18.2 Å². The van der Waals surface area contributed by atoms with Gasteiger partial charge in [-0.15, -0.1) is 0 Å². The third kappa shape index (κ3) is 3.30. The summed E-state index contributed by atoms with van der Waals surface area (Å²) in [5.41, 5.74) is -2.32. The second-order valence-corrected chi connectivity index (χ2v) is 5.89. The number of carbonyl (C=O) groups is 1. The third-order valence-electron chi connectivity index (χ3n) is 3.97. The number of carbonyl (C=O) groups excluding carboxylic acids is 1. The minimum absolute atomic E-state index is 0.147. The highest BCUT2D eigenvalue weighted by atomic mass is 19.3. The lowest BCUT2D eigenvalue weighted by Gasteiger charge is -2.15. The Labute approximate surface area is 153 Å². The summed E-state index contributed by atoms with van der Waals surface area (Å²) < 4.78 is 56.6. The van der Waals surface area contributed by atoms with Gasteiger partial charge < -0.3 is 9.73 Å². The van der Waals surface area contributed by atoms with Crippen molar-refractivity contribution in [1.29, 1.82) is 0 Å². The molecule has 0 saturated carbocycles. The lowest BCUT2D eigenvalue weighted by molar-refractivity contribution is -0.123. The van der Waals surface area contributed by atoms with Crippen molar-refractivity contribution in [3.8, 4) is 5.69 Å². The molecule has 2 N–H and O–H groups in total. The number of aromatic nitrogens is 2. The van der Waals surface area contributed by atoms with Crippen molar-refractivity contribution in [2.45, 2.75) is 19.3 Å². The maximum absolute atomic E-state index is 13.1. The first-order valence-electron chi connectivity index (χ1n) is 7.91. The molecule has 0 aliphatic heterocycles. The van der Waals surface area contributed by atoms with E-state index in [2.05, 4.69) is 4.98 Å². The summed E-state index contributed by atoms with van der Waals surface area (Å²) in [6.07, 6.45) is -3.97. The molecule has 2 heterocycles. The monoisotopic (exact) mass is 399 g/mol. The number of hydrogen-bond acceptors (Lipinski definition) is 4. The van der Waals surface area contributed by atoms with Crippen molar-refractivity contribution in [1.82, 2.24) is 14.9 Å². The maximum atomic E-state index is 13.1. The Hall–Kier alpha value is -3.37. The van der Waals surface area contributed by atoms with Gasteiger partial charge in [0.15, 0.2) is 0 Å². The van der Waals surface area contributed by atoms with Crippen LogP contribution in [-0.2, 0) is 0 Å². The highest BCUT2D eigenvalue weighted by molar-refractivity contribution is 6.06. The zero-order valence-corrected chi connectivity index (χ0v) is 14.3. The van der Waals surface area contributed by atoms with Gasteiger partial charge in [0.1, 0.15) is 11.1 Å². The van der Waals surface area contributed by atoms with E-state index in [1.165, 1.54) is 19.1 Å². The van der Waals surface area contributed by atoms with Crippen LogP contribution in [0.4, 0.5) is 17.6 Å². The second kappa shape index (κ2) is 6.98. The van der Waals surface area contributed by atoms with Crippen LogP contribution in [0.15, 0.2) is 44.3 Å². The molecule has 11 heteroatoms. The van der Waals surface area contributed by atoms with Gasteiger partial charge in [-0.05, 0) is 19.1 Å². The van der Waals surface area contributed by atoms with Crippen LogP contribution < -0.4 is 16.6 Å². The minimum Gasteiger partial charge on any atom is -0.444 e. The molecule has 3 aromatic rings. The largest absolute Gasteiger partial charge is 0.444 e. The predicted octanol–water partition coefficient (Wildman–Crippen LogP) is 2.21. The van der Waals surface area contributed by atoms with E-state index in [0.29, 0.717) is 0 Å². The molecule has 0 bridgehead atoms. The molecule has 0 saturated heterocycles. The number of aryl methyl sites for hydroxylation is 1. The number of aromatic amines is 1. The number of para-hydroxylation sites is 1. The highest BCUT2D eigenvalue weighted by Crippen LogP contribution is 2.23. The molecule has 0 atom stereocenters. The summed E-state index contributed by atoms with van der Waals surface area (Å²) in [5, 5.41) is 1.31. The zero-order valence-electron chi connectivity index (χ0n) is 14.3. The van der Waals surface area contributed by atoms with E-state index >= 15 is 0 Å². The van der Waals surface area contributed by atoms with Gasteiger partial charge in [0, 0.05) is 0 Å². The van der Waals surface area contributed by atoms with E-state index in [1.807, 2.05) is 0 Å². The van der Waals surface area contributed by atoms with Crippen LogP contribution >= 0.6 is 0 Å². The van der Waals surface area contributed by atoms with E-state index in [4.69, 9.17) is 4.42 Å². The molecule has 1 amide bonds. The first-order chi connectivity index (χ1) is 13.1. The Morgan fingerprint density at radius 2 is 1.89 bits per heavy atom. The number of amides is 1. The number of halogens is 4. The van der Waals surface area contributed by atoms with Crippen LogP contribution in [0.5, 0.6) is 0 Å². The maximum Gasteiger partial charge on any atom is 0.335 e. The van der Waals surface area contributed by atoms with Gasteiger partial charge in [0.2, 0.25) is 5.71 Å². The Kier molecular flexibility index (Phi) is 4.84. The van der Waals surface area contributed by atoms with Gasteiger partial charge in [-0.3, -0.25) is 14.6 Å². The number of benzene rings is 1. The third-order valence-corrected chi connectivity index (χ3v) is 3.97. The van der Waals surface area contributed by atoms with E-state index in [9.17, 15) is 31.9 Å². The standard InChI is InChI=1S/C17H13F4N3O4/c1-8-10(12(25)22-7-17(20,21)15(18)19)11-13(28-8)23-16(27)24(14(11)26)9-5-3-2-4-6-9/h2-6,15H,7H2,1H3,(H,22,25)(H,23,27). The Balaban J connectivity index is 2.12. The van der Waals surface area contributed by atoms with Gasteiger partial charge in [0.05, 0.1) is 17.8 Å². The molecular formula is C17H13F4N3O4. The van der Waals surface area contributed by atoms with E-state index < -0.39 is 41.6 Å². The topological polar surface area (TPSA) is 97.1 Å². The molecule has 0 unspecified atom stereocenters. The molecule has 1 aromatic carbocycles. The van der Waals surface area contributed by atoms with Crippen LogP contribution in [0.2, 0.25) is 0 Å². The fourth-order valence-electron chi connectivity index (χ4n) is 2.64. The molecule has 3 rings (SSSR count). The van der Waals surface area contributed by atoms with Crippen molar-refractivity contribution >= 4 is 17.0 Å². The Morgan fingerprint density at radius 1 is 1.25 bits per heavy atom. The summed E-state index contributed by atoms with van der Waals surface area (Å²) in [7, 11) is 0. The zero-order chi connectivity index (χ0) is 20.6. The lowest BCUT2D eigenvalue weighted by Crippen LogP contribution is -2.42. The molecule has 2 aromatic heterocycles.